The fraction of sp³-hybridized carbons (Fsp3) is 0.929. The fourth-order valence-electron chi connectivity index (χ4n) is 3.18. The van der Waals surface area contributed by atoms with Crippen molar-refractivity contribution in [3.8, 4) is 0 Å². The van der Waals surface area contributed by atoms with Crippen LogP contribution >= 0.6 is 0 Å². The Balaban J connectivity index is 1.62. The van der Waals surface area contributed by atoms with Gasteiger partial charge in [-0.1, -0.05) is 39.0 Å². The second kappa shape index (κ2) is 6.39. The average molecular weight is 238 g/mol. The molecule has 0 heterocycles. The molecule has 0 saturated heterocycles. The summed E-state index contributed by atoms with van der Waals surface area (Å²) in [6.45, 7) is 4.73. The lowest BCUT2D eigenvalue weighted by atomic mass is 9.85. The summed E-state index contributed by atoms with van der Waals surface area (Å²) in [5.74, 6) is 2.22. The second-order valence-electron chi connectivity index (χ2n) is 5.55. The summed E-state index contributed by atoms with van der Waals surface area (Å²) >= 11 is 0. The summed E-state index contributed by atoms with van der Waals surface area (Å²) in [6, 6.07) is 0. The van der Waals surface area contributed by atoms with E-state index in [2.05, 4.69) is 17.6 Å². The summed E-state index contributed by atoms with van der Waals surface area (Å²) in [7, 11) is 0. The summed E-state index contributed by atoms with van der Waals surface area (Å²) < 4.78 is 0. The number of amides is 1. The van der Waals surface area contributed by atoms with E-state index in [4.69, 9.17) is 0 Å². The lowest BCUT2D eigenvalue weighted by Crippen LogP contribution is -2.33. The SMILES string of the molecule is CCNCCNC(=O)C1CC1C1CCCCC1. The van der Waals surface area contributed by atoms with E-state index in [0.717, 1.165) is 37.9 Å². The predicted octanol–water partition coefficient (Wildman–Crippen LogP) is 1.93. The van der Waals surface area contributed by atoms with E-state index in [1.807, 2.05) is 0 Å². The van der Waals surface area contributed by atoms with Gasteiger partial charge in [-0.25, -0.2) is 0 Å². The van der Waals surface area contributed by atoms with Crippen LogP contribution in [0.1, 0.15) is 45.4 Å². The minimum atomic E-state index is 0.304. The van der Waals surface area contributed by atoms with Gasteiger partial charge in [0.2, 0.25) is 5.91 Å². The molecule has 3 heteroatoms. The normalized spacial score (nSPS) is 29.0. The Morgan fingerprint density at radius 1 is 1.18 bits per heavy atom. The van der Waals surface area contributed by atoms with Gasteiger partial charge in [0.25, 0.3) is 0 Å². The number of hydrogen-bond donors (Lipinski definition) is 2. The molecule has 2 aliphatic carbocycles. The van der Waals surface area contributed by atoms with Gasteiger partial charge in [0.1, 0.15) is 0 Å². The predicted molar refractivity (Wildman–Crippen MR) is 69.7 cm³/mol. The van der Waals surface area contributed by atoms with Crippen molar-refractivity contribution < 1.29 is 4.79 Å². The summed E-state index contributed by atoms with van der Waals surface area (Å²) in [5.41, 5.74) is 0. The van der Waals surface area contributed by atoms with Gasteiger partial charge in [-0.15, -0.1) is 0 Å². The standard InChI is InChI=1S/C14H26N2O/c1-2-15-8-9-16-14(17)13-10-12(13)11-6-4-3-5-7-11/h11-13,15H,2-10H2,1H3,(H,16,17). The third-order valence-electron chi connectivity index (χ3n) is 4.28. The zero-order chi connectivity index (χ0) is 12.1. The first kappa shape index (κ1) is 12.9. The molecule has 0 aromatic heterocycles. The summed E-state index contributed by atoms with van der Waals surface area (Å²) in [6.07, 6.45) is 8.06. The smallest absolute Gasteiger partial charge is 0.223 e. The molecular formula is C14H26N2O. The van der Waals surface area contributed by atoms with Crippen molar-refractivity contribution in [1.29, 1.82) is 0 Å². The van der Waals surface area contributed by atoms with Crippen LogP contribution in [-0.2, 0) is 4.79 Å². The zero-order valence-electron chi connectivity index (χ0n) is 11.0. The number of carbonyl (C=O) groups is 1. The molecule has 2 saturated carbocycles. The molecule has 2 atom stereocenters. The molecule has 3 nitrogen and oxygen atoms in total. The summed E-state index contributed by atoms with van der Waals surface area (Å²) in [5, 5.41) is 6.27. The van der Waals surface area contributed by atoms with E-state index in [9.17, 15) is 4.79 Å². The highest BCUT2D eigenvalue weighted by atomic mass is 16.2. The van der Waals surface area contributed by atoms with E-state index in [1.165, 1.54) is 32.1 Å². The van der Waals surface area contributed by atoms with Crippen LogP contribution in [0.2, 0.25) is 0 Å². The molecule has 17 heavy (non-hydrogen) atoms. The minimum absolute atomic E-state index is 0.304. The number of carbonyl (C=O) groups excluding carboxylic acids is 1. The Morgan fingerprint density at radius 2 is 1.94 bits per heavy atom. The van der Waals surface area contributed by atoms with Gasteiger partial charge < -0.3 is 10.6 Å². The van der Waals surface area contributed by atoms with Crippen LogP contribution < -0.4 is 10.6 Å². The first-order valence-electron chi connectivity index (χ1n) is 7.31. The Labute approximate surface area is 105 Å². The van der Waals surface area contributed by atoms with Crippen molar-refractivity contribution >= 4 is 5.91 Å². The number of hydrogen-bond acceptors (Lipinski definition) is 2. The number of rotatable bonds is 6. The third-order valence-corrected chi connectivity index (χ3v) is 4.28. The van der Waals surface area contributed by atoms with Crippen molar-refractivity contribution in [1.82, 2.24) is 10.6 Å². The van der Waals surface area contributed by atoms with Crippen molar-refractivity contribution in [2.24, 2.45) is 17.8 Å². The molecule has 2 unspecified atom stereocenters. The highest BCUT2D eigenvalue weighted by Crippen LogP contribution is 2.49. The summed E-state index contributed by atoms with van der Waals surface area (Å²) in [4.78, 5) is 11.9. The molecule has 1 amide bonds. The Bertz CT molecular complexity index is 249. The molecule has 0 bridgehead atoms. The largest absolute Gasteiger partial charge is 0.355 e. The minimum Gasteiger partial charge on any atom is -0.355 e. The lowest BCUT2D eigenvalue weighted by Gasteiger charge is -2.21. The van der Waals surface area contributed by atoms with Crippen LogP contribution in [0.5, 0.6) is 0 Å². The quantitative estimate of drug-likeness (QED) is 0.694. The highest BCUT2D eigenvalue weighted by Gasteiger charge is 2.47. The molecule has 2 rings (SSSR count). The molecule has 98 valence electrons. The zero-order valence-corrected chi connectivity index (χ0v) is 11.0. The Morgan fingerprint density at radius 3 is 2.65 bits per heavy atom. The molecule has 2 N–H and O–H groups in total. The van der Waals surface area contributed by atoms with Crippen molar-refractivity contribution in [2.45, 2.75) is 45.4 Å². The van der Waals surface area contributed by atoms with Crippen molar-refractivity contribution in [3.05, 3.63) is 0 Å². The molecule has 0 aromatic rings. The second-order valence-corrected chi connectivity index (χ2v) is 5.55. The van der Waals surface area contributed by atoms with Gasteiger partial charge in [-0.2, -0.15) is 0 Å². The van der Waals surface area contributed by atoms with Crippen LogP contribution in [0.3, 0.4) is 0 Å². The molecule has 0 spiro atoms. The topological polar surface area (TPSA) is 41.1 Å². The average Bonchev–Trinajstić information content (AvgIpc) is 3.16. The van der Waals surface area contributed by atoms with Gasteiger partial charge in [0.05, 0.1) is 0 Å². The van der Waals surface area contributed by atoms with Crippen molar-refractivity contribution in [3.63, 3.8) is 0 Å². The van der Waals surface area contributed by atoms with Gasteiger partial charge in [-0.3, -0.25) is 4.79 Å². The number of nitrogens with one attached hydrogen (secondary N) is 2. The first-order chi connectivity index (χ1) is 8.33. The van der Waals surface area contributed by atoms with Gasteiger partial charge in [0, 0.05) is 19.0 Å². The van der Waals surface area contributed by atoms with Gasteiger partial charge in [0.15, 0.2) is 0 Å². The van der Waals surface area contributed by atoms with Crippen molar-refractivity contribution in [2.75, 3.05) is 19.6 Å². The maximum atomic E-state index is 11.9. The van der Waals surface area contributed by atoms with Gasteiger partial charge >= 0.3 is 0 Å². The Hall–Kier alpha value is -0.570. The van der Waals surface area contributed by atoms with Crippen LogP contribution in [0.25, 0.3) is 0 Å². The van der Waals surface area contributed by atoms with Crippen LogP contribution in [-0.4, -0.2) is 25.5 Å². The highest BCUT2D eigenvalue weighted by molar-refractivity contribution is 5.81. The monoisotopic (exact) mass is 238 g/mol. The first-order valence-corrected chi connectivity index (χ1v) is 7.31. The van der Waals surface area contributed by atoms with E-state index < -0.39 is 0 Å². The molecular weight excluding hydrogens is 212 g/mol. The lowest BCUT2D eigenvalue weighted by molar-refractivity contribution is -0.122. The molecule has 0 aromatic carbocycles. The third kappa shape index (κ3) is 3.70. The number of likely N-dealkylation sites (N-methyl/N-ethyl adjacent to an activating group) is 1. The van der Waals surface area contributed by atoms with Gasteiger partial charge in [-0.05, 0) is 24.8 Å². The maximum Gasteiger partial charge on any atom is 0.223 e. The maximum absolute atomic E-state index is 11.9. The van der Waals surface area contributed by atoms with E-state index >= 15 is 0 Å². The Kier molecular flexibility index (Phi) is 4.84. The van der Waals surface area contributed by atoms with E-state index in [1.54, 1.807) is 0 Å². The van der Waals surface area contributed by atoms with E-state index in [-0.39, 0.29) is 0 Å². The molecule has 0 radical (unpaired) electrons. The molecule has 2 aliphatic rings. The van der Waals surface area contributed by atoms with Crippen LogP contribution in [0, 0.1) is 17.8 Å². The molecule has 0 aliphatic heterocycles. The van der Waals surface area contributed by atoms with Crippen LogP contribution in [0.15, 0.2) is 0 Å². The van der Waals surface area contributed by atoms with Crippen LogP contribution in [0.4, 0.5) is 0 Å². The molecule has 2 fully saturated rings. The van der Waals surface area contributed by atoms with E-state index in [0.29, 0.717) is 11.8 Å². The fourth-order valence-corrected chi connectivity index (χ4v) is 3.18.